The number of hydrogen-bond donors (Lipinski definition) is 0. The van der Waals surface area contributed by atoms with E-state index in [1.165, 1.54) is 0 Å². The van der Waals surface area contributed by atoms with Gasteiger partial charge in [-0.1, -0.05) is 97.1 Å². The van der Waals surface area contributed by atoms with Crippen LogP contribution in [0.15, 0.2) is 155 Å². The fraction of sp³-hybridized carbons (Fsp3) is 0. The monoisotopic (exact) mass is 616 g/mol. The molecule has 0 N–H and O–H groups in total. The molecule has 48 heavy (non-hydrogen) atoms. The fourth-order valence-electron chi connectivity index (χ4n) is 6.86. The third-order valence-corrected chi connectivity index (χ3v) is 9.02. The molecule has 0 aliphatic carbocycles. The van der Waals surface area contributed by atoms with Crippen molar-refractivity contribution >= 4 is 54.6 Å². The lowest BCUT2D eigenvalue weighted by Gasteiger charge is -2.13. The molecule has 0 amide bonds. The molecule has 0 saturated heterocycles. The minimum Gasteiger partial charge on any atom is -0.456 e. The summed E-state index contributed by atoms with van der Waals surface area (Å²) in [5, 5.41) is 6.24. The van der Waals surface area contributed by atoms with Crippen LogP contribution in [0.3, 0.4) is 0 Å². The van der Waals surface area contributed by atoms with Gasteiger partial charge in [0, 0.05) is 50.6 Å². The molecule has 0 fully saturated rings. The van der Waals surface area contributed by atoms with Crippen molar-refractivity contribution in [2.24, 2.45) is 0 Å². The van der Waals surface area contributed by atoms with Crippen LogP contribution in [0.1, 0.15) is 0 Å². The first kappa shape index (κ1) is 26.5. The van der Waals surface area contributed by atoms with Crippen molar-refractivity contribution < 1.29 is 8.83 Å². The molecule has 6 heteroatoms. The second-order valence-corrected chi connectivity index (χ2v) is 11.8. The van der Waals surface area contributed by atoms with Crippen molar-refractivity contribution in [2.45, 2.75) is 0 Å². The van der Waals surface area contributed by atoms with Crippen molar-refractivity contribution in [1.29, 1.82) is 0 Å². The molecule has 6 aromatic carbocycles. The summed E-state index contributed by atoms with van der Waals surface area (Å²) in [6.07, 6.45) is 3.57. The number of pyridine rings is 1. The maximum absolute atomic E-state index is 6.28. The lowest BCUT2D eigenvalue weighted by atomic mass is 9.92. The Morgan fingerprint density at radius 1 is 0.396 bits per heavy atom. The zero-order chi connectivity index (χ0) is 31.6. The summed E-state index contributed by atoms with van der Waals surface area (Å²) < 4.78 is 12.5. The lowest BCUT2D eigenvalue weighted by Crippen LogP contribution is -2.01. The Labute approximate surface area is 274 Å². The van der Waals surface area contributed by atoms with Crippen LogP contribution in [0.4, 0.5) is 0 Å². The Kier molecular flexibility index (Phi) is 5.77. The van der Waals surface area contributed by atoms with Crippen LogP contribution >= 0.6 is 0 Å². The molecule has 0 atom stereocenters. The van der Waals surface area contributed by atoms with E-state index in [0.29, 0.717) is 17.5 Å². The summed E-state index contributed by atoms with van der Waals surface area (Å²) >= 11 is 0. The van der Waals surface area contributed by atoms with Crippen molar-refractivity contribution in [1.82, 2.24) is 19.9 Å². The summed E-state index contributed by atoms with van der Waals surface area (Å²) in [4.78, 5) is 19.7. The largest absolute Gasteiger partial charge is 0.456 e. The van der Waals surface area contributed by atoms with Gasteiger partial charge in [-0.05, 0) is 58.3 Å². The molecule has 0 aliphatic rings. The number of aromatic nitrogens is 4. The van der Waals surface area contributed by atoms with E-state index >= 15 is 0 Å². The molecule has 224 valence electrons. The topological polar surface area (TPSA) is 77.8 Å². The van der Waals surface area contributed by atoms with E-state index in [1.54, 1.807) is 6.20 Å². The molecule has 4 aromatic heterocycles. The van der Waals surface area contributed by atoms with E-state index < -0.39 is 0 Å². The summed E-state index contributed by atoms with van der Waals surface area (Å²) in [5.41, 5.74) is 8.07. The number of rotatable bonds is 4. The van der Waals surface area contributed by atoms with Crippen molar-refractivity contribution in [3.05, 3.63) is 146 Å². The van der Waals surface area contributed by atoms with E-state index in [2.05, 4.69) is 65.6 Å². The third kappa shape index (κ3) is 4.13. The highest BCUT2D eigenvalue weighted by atomic mass is 16.3. The molecule has 0 spiro atoms. The van der Waals surface area contributed by atoms with Gasteiger partial charge in [0.05, 0.1) is 0 Å². The predicted octanol–water partition coefficient (Wildman–Crippen LogP) is 10.9. The highest BCUT2D eigenvalue weighted by Crippen LogP contribution is 2.42. The average molecular weight is 617 g/mol. The summed E-state index contributed by atoms with van der Waals surface area (Å²) in [6, 6.07) is 45.2. The molecule has 10 rings (SSSR count). The Bertz CT molecular complexity index is 2850. The van der Waals surface area contributed by atoms with Crippen LogP contribution in [0, 0.1) is 0 Å². The van der Waals surface area contributed by atoms with E-state index in [0.717, 1.165) is 82.5 Å². The van der Waals surface area contributed by atoms with Gasteiger partial charge in [-0.25, -0.2) is 15.0 Å². The SMILES string of the molecule is c1ccc(-c2nc(-c3cc(-c4cccc5oc6ccccc6c45)c4ccccc4c3)nc(-c3cccc4oc5ccncc5c34)n2)cc1. The average Bonchev–Trinajstić information content (AvgIpc) is 3.73. The van der Waals surface area contributed by atoms with Gasteiger partial charge in [-0.2, -0.15) is 0 Å². The molecule has 0 radical (unpaired) electrons. The van der Waals surface area contributed by atoms with Crippen molar-refractivity contribution in [3.63, 3.8) is 0 Å². The molecular weight excluding hydrogens is 592 g/mol. The first-order chi connectivity index (χ1) is 23.8. The highest BCUT2D eigenvalue weighted by molar-refractivity contribution is 6.16. The highest BCUT2D eigenvalue weighted by Gasteiger charge is 2.20. The van der Waals surface area contributed by atoms with Crippen LogP contribution in [0.5, 0.6) is 0 Å². The molecule has 0 unspecified atom stereocenters. The van der Waals surface area contributed by atoms with Crippen LogP contribution < -0.4 is 0 Å². The molecule has 10 aromatic rings. The van der Waals surface area contributed by atoms with Gasteiger partial charge in [0.15, 0.2) is 17.5 Å². The number of furan rings is 2. The molecule has 0 aliphatic heterocycles. The predicted molar refractivity (Wildman–Crippen MR) is 191 cm³/mol. The molecule has 4 heterocycles. The van der Waals surface area contributed by atoms with Gasteiger partial charge in [0.2, 0.25) is 0 Å². The Morgan fingerprint density at radius 2 is 1.02 bits per heavy atom. The van der Waals surface area contributed by atoms with Gasteiger partial charge in [0.25, 0.3) is 0 Å². The summed E-state index contributed by atoms with van der Waals surface area (Å²) in [6.45, 7) is 0. The van der Waals surface area contributed by atoms with Crippen molar-refractivity contribution in [3.8, 4) is 45.3 Å². The van der Waals surface area contributed by atoms with E-state index in [1.807, 2.05) is 79.0 Å². The first-order valence-electron chi connectivity index (χ1n) is 15.8. The molecule has 0 saturated carbocycles. The Balaban J connectivity index is 1.26. The number of hydrogen-bond acceptors (Lipinski definition) is 6. The number of para-hydroxylation sites is 1. The maximum Gasteiger partial charge on any atom is 0.164 e. The third-order valence-electron chi connectivity index (χ3n) is 9.02. The van der Waals surface area contributed by atoms with E-state index in [4.69, 9.17) is 23.8 Å². The fourth-order valence-corrected chi connectivity index (χ4v) is 6.86. The molecule has 6 nitrogen and oxygen atoms in total. The lowest BCUT2D eigenvalue weighted by molar-refractivity contribution is 0.668. The van der Waals surface area contributed by atoms with Gasteiger partial charge in [-0.15, -0.1) is 0 Å². The van der Waals surface area contributed by atoms with Gasteiger partial charge < -0.3 is 8.83 Å². The van der Waals surface area contributed by atoms with E-state index in [-0.39, 0.29) is 0 Å². The van der Waals surface area contributed by atoms with Crippen LogP contribution in [0.2, 0.25) is 0 Å². The maximum atomic E-state index is 6.28. The zero-order valence-electron chi connectivity index (χ0n) is 25.5. The number of nitrogens with zero attached hydrogens (tertiary/aromatic N) is 4. The second-order valence-electron chi connectivity index (χ2n) is 11.8. The van der Waals surface area contributed by atoms with Gasteiger partial charge in [-0.3, -0.25) is 4.98 Å². The molecular formula is C42H24N4O2. The summed E-state index contributed by atoms with van der Waals surface area (Å²) in [5.74, 6) is 1.74. The Hall–Kier alpha value is -6.66. The van der Waals surface area contributed by atoms with Crippen LogP contribution in [-0.4, -0.2) is 19.9 Å². The first-order valence-corrected chi connectivity index (χ1v) is 15.8. The summed E-state index contributed by atoms with van der Waals surface area (Å²) in [7, 11) is 0. The standard InChI is InChI=1S/C42H24N4O2/c1-2-10-25(11-3-1)40-44-41(46-42(45-40)31-16-9-19-37-39(31)33-24-43-21-20-35(33)48-37)27-22-26-12-4-5-13-28(26)32(23-27)29-15-8-18-36-38(29)30-14-6-7-17-34(30)47-36/h1-24H. The van der Waals surface area contributed by atoms with Gasteiger partial charge in [0.1, 0.15) is 22.3 Å². The zero-order valence-corrected chi connectivity index (χ0v) is 25.5. The normalized spacial score (nSPS) is 11.8. The molecule has 0 bridgehead atoms. The number of benzene rings is 6. The second kappa shape index (κ2) is 10.4. The minimum atomic E-state index is 0.564. The van der Waals surface area contributed by atoms with E-state index in [9.17, 15) is 0 Å². The quantitative estimate of drug-likeness (QED) is 0.196. The number of fused-ring (bicyclic) bond motifs is 7. The smallest absolute Gasteiger partial charge is 0.164 e. The minimum absolute atomic E-state index is 0.564. The van der Waals surface area contributed by atoms with Crippen LogP contribution in [0.25, 0.3) is 99.9 Å². The van der Waals surface area contributed by atoms with Crippen LogP contribution in [-0.2, 0) is 0 Å². The van der Waals surface area contributed by atoms with Crippen molar-refractivity contribution in [2.75, 3.05) is 0 Å². The Morgan fingerprint density at radius 3 is 1.85 bits per heavy atom. The van der Waals surface area contributed by atoms with Gasteiger partial charge >= 0.3 is 0 Å².